The van der Waals surface area contributed by atoms with Crippen LogP contribution in [0.15, 0.2) is 79.1 Å². The standard InChI is InChI=1S/C54H61F8N9O9/c1-51(2,53(57,58)59)45(67-50(76)77-6)47(73)66-42(19-32-13-10-31(11-14-32)12-15-33-16-17-44(65-22-33)69-23-35-27-78-28-36(24-69)71(35)37-29-79-30-37)43(72)26-70(68-48(74)46(80-49(75)63-5)52(3,4)54(60,61)62)25-38-39(55)20-34(21-40(38)56)41-9-7-8-18-64-41/h7-11,13-14,16-18,20-22,35-37,42-43,45-46,72H,19,23-30H2,1-6H3,(H,63,75)(H,66,73)(H,67,76)(H,68,74)/t35-,36-,42-,43-,45+,46+/m0/s1. The molecule has 0 aliphatic carbocycles. The zero-order valence-electron chi connectivity index (χ0n) is 44.4. The largest absolute Gasteiger partial charge is 0.453 e. The molecule has 80 heavy (non-hydrogen) atoms. The first-order valence-corrected chi connectivity index (χ1v) is 25.2. The van der Waals surface area contributed by atoms with Gasteiger partial charge in [0.1, 0.15) is 28.9 Å². The van der Waals surface area contributed by atoms with E-state index in [9.17, 15) is 50.6 Å². The highest BCUT2D eigenvalue weighted by molar-refractivity contribution is 5.87. The Kier molecular flexibility index (Phi) is 19.0. The number of rotatable bonds is 18. The molecule has 18 nitrogen and oxygen atoms in total. The van der Waals surface area contributed by atoms with E-state index in [1.54, 1.807) is 30.5 Å². The lowest BCUT2D eigenvalue weighted by Crippen LogP contribution is -2.70. The van der Waals surface area contributed by atoms with Crippen LogP contribution in [0.3, 0.4) is 0 Å². The highest BCUT2D eigenvalue weighted by Gasteiger charge is 2.58. The highest BCUT2D eigenvalue weighted by Crippen LogP contribution is 2.43. The fourth-order valence-electron chi connectivity index (χ4n) is 9.29. The second-order valence-electron chi connectivity index (χ2n) is 20.7. The van der Waals surface area contributed by atoms with Crippen molar-refractivity contribution in [2.75, 3.05) is 65.1 Å². The van der Waals surface area contributed by atoms with Crippen LogP contribution in [0.4, 0.5) is 50.5 Å². The monoisotopic (exact) mass is 1130 g/mol. The van der Waals surface area contributed by atoms with Gasteiger partial charge in [0.15, 0.2) is 6.10 Å². The number of nitrogens with one attached hydrogen (secondary N) is 4. The molecular formula is C54H61F8N9O9. The molecule has 5 N–H and O–H groups in total. The molecule has 432 valence electrons. The fourth-order valence-corrected chi connectivity index (χ4v) is 9.29. The molecule has 0 spiro atoms. The van der Waals surface area contributed by atoms with Gasteiger partial charge in [0.05, 0.1) is 74.9 Å². The van der Waals surface area contributed by atoms with Gasteiger partial charge in [0, 0.05) is 67.9 Å². The van der Waals surface area contributed by atoms with Crippen molar-refractivity contribution in [2.24, 2.45) is 10.8 Å². The van der Waals surface area contributed by atoms with E-state index in [0.29, 0.717) is 81.9 Å². The molecule has 7 rings (SSSR count). The van der Waals surface area contributed by atoms with E-state index in [1.807, 2.05) is 22.8 Å². The Morgan fingerprint density at radius 1 is 0.787 bits per heavy atom. The van der Waals surface area contributed by atoms with E-state index < -0.39 is 108 Å². The Morgan fingerprint density at radius 2 is 1.39 bits per heavy atom. The maximum Gasteiger partial charge on any atom is 0.407 e. The molecular weight excluding hydrogens is 1070 g/mol. The number of benzene rings is 2. The van der Waals surface area contributed by atoms with Gasteiger partial charge in [0.2, 0.25) is 5.91 Å². The number of nitrogens with zero attached hydrogens (tertiary/aromatic N) is 5. The molecule has 2 aromatic heterocycles. The molecule has 26 heteroatoms. The van der Waals surface area contributed by atoms with E-state index in [0.717, 1.165) is 45.2 Å². The van der Waals surface area contributed by atoms with Crippen molar-refractivity contribution >= 4 is 29.8 Å². The molecule has 3 aliphatic heterocycles. The molecule has 0 unspecified atom stereocenters. The molecule has 6 atom stereocenters. The van der Waals surface area contributed by atoms with Gasteiger partial charge in [0.25, 0.3) is 5.91 Å². The summed E-state index contributed by atoms with van der Waals surface area (Å²) >= 11 is 0. The van der Waals surface area contributed by atoms with E-state index in [1.165, 1.54) is 24.4 Å². The summed E-state index contributed by atoms with van der Waals surface area (Å²) in [6.45, 7) is 4.32. The second kappa shape index (κ2) is 25.1. The lowest BCUT2D eigenvalue weighted by molar-refractivity contribution is -0.239. The number of ether oxygens (including phenoxy) is 4. The summed E-state index contributed by atoms with van der Waals surface area (Å²) in [6, 6.07) is 12.8. The number of aliphatic hydroxyl groups excluding tert-OH is 1. The number of halogens is 8. The Balaban J connectivity index is 1.17. The SMILES string of the molecule is CNC(=O)O[C@H](C(=O)NN(Cc1c(F)cc(-c2ccccn2)cc1F)C[C@H](O)[C@H](Cc1ccc(C#Cc2ccc(N3C[C@H]4COC[C@H](C3)N4C3COC3)nc2)cc1)NC(=O)[C@@H](NC(=O)OC)C(C)(C)C(F)(F)F)C(C)(C)C(F)(F)F. The van der Waals surface area contributed by atoms with Crippen LogP contribution in [0.5, 0.6) is 0 Å². The number of anilines is 1. The normalized spacial score (nSPS) is 18.6. The van der Waals surface area contributed by atoms with Gasteiger partial charge in [-0.15, -0.1) is 0 Å². The van der Waals surface area contributed by atoms with Crippen LogP contribution >= 0.6 is 0 Å². The van der Waals surface area contributed by atoms with E-state index in [4.69, 9.17) is 14.2 Å². The molecule has 4 aromatic rings. The third kappa shape index (κ3) is 14.2. The topological polar surface area (TPSA) is 209 Å². The van der Waals surface area contributed by atoms with Crippen molar-refractivity contribution < 1.29 is 78.4 Å². The van der Waals surface area contributed by atoms with Gasteiger partial charge in [-0.05, 0) is 88.2 Å². The molecule has 0 saturated carbocycles. The average Bonchev–Trinajstić information content (AvgIpc) is 3.49. The number of carbonyl (C=O) groups is 4. The summed E-state index contributed by atoms with van der Waals surface area (Å²) in [6.07, 6.45) is -15.5. The predicted molar refractivity (Wildman–Crippen MR) is 272 cm³/mol. The van der Waals surface area contributed by atoms with Crippen molar-refractivity contribution in [2.45, 2.75) is 95.4 Å². The molecule has 3 fully saturated rings. The quantitative estimate of drug-likeness (QED) is 0.0463. The Morgan fingerprint density at radius 3 is 1.93 bits per heavy atom. The Labute approximate surface area is 455 Å². The van der Waals surface area contributed by atoms with E-state index in [-0.39, 0.29) is 23.3 Å². The lowest BCUT2D eigenvalue weighted by atomic mass is 9.82. The molecule has 0 radical (unpaired) electrons. The van der Waals surface area contributed by atoms with Crippen LogP contribution < -0.4 is 26.3 Å². The van der Waals surface area contributed by atoms with E-state index >= 15 is 8.78 Å². The summed E-state index contributed by atoms with van der Waals surface area (Å²) < 4.78 is 140. The number of pyridine rings is 2. The van der Waals surface area contributed by atoms with Gasteiger partial charge < -0.3 is 44.9 Å². The number of methoxy groups -OCH3 is 1. The number of alkyl carbamates (subject to hydrolysis) is 2. The van der Waals surface area contributed by atoms with Crippen LogP contribution in [-0.4, -0.2) is 164 Å². The highest BCUT2D eigenvalue weighted by atomic mass is 19.4. The van der Waals surface area contributed by atoms with Crippen LogP contribution in [0.25, 0.3) is 11.3 Å². The number of piperazine rings is 1. The zero-order valence-corrected chi connectivity index (χ0v) is 44.4. The van der Waals surface area contributed by atoms with Gasteiger partial charge in [-0.25, -0.2) is 28.4 Å². The number of aromatic nitrogens is 2. The number of hydrogen-bond acceptors (Lipinski definition) is 14. The van der Waals surface area contributed by atoms with Gasteiger partial charge in [-0.2, -0.15) is 26.3 Å². The van der Waals surface area contributed by atoms with Crippen molar-refractivity contribution in [3.8, 4) is 23.1 Å². The number of fused-ring (bicyclic) bond motifs is 2. The molecule has 2 aromatic carbocycles. The van der Waals surface area contributed by atoms with Gasteiger partial charge in [-0.1, -0.05) is 30.0 Å². The number of morpholine rings is 1. The first kappa shape index (κ1) is 60.5. The Bertz CT molecular complexity index is 2850. The van der Waals surface area contributed by atoms with Crippen LogP contribution in [-0.2, 0) is 41.5 Å². The summed E-state index contributed by atoms with van der Waals surface area (Å²) in [5.41, 5.74) is -3.40. The summed E-state index contributed by atoms with van der Waals surface area (Å²) in [4.78, 5) is 66.4. The van der Waals surface area contributed by atoms with Crippen molar-refractivity contribution in [3.05, 3.63) is 113 Å². The maximum absolute atomic E-state index is 16.0. The lowest BCUT2D eigenvalue weighted by Gasteiger charge is -2.54. The minimum atomic E-state index is -5.22. The number of hydrazine groups is 1. The summed E-state index contributed by atoms with van der Waals surface area (Å²) in [7, 11) is 1.85. The summed E-state index contributed by atoms with van der Waals surface area (Å²) in [5.74, 6) is 1.17. The van der Waals surface area contributed by atoms with Crippen molar-refractivity contribution in [1.29, 1.82) is 0 Å². The number of alkyl halides is 6. The molecule has 3 aliphatic rings. The third-order valence-electron chi connectivity index (χ3n) is 14.3. The fraction of sp³-hybridized carbons (Fsp3) is 0.481. The van der Waals surface area contributed by atoms with Crippen LogP contribution in [0, 0.1) is 34.3 Å². The van der Waals surface area contributed by atoms with Crippen LogP contribution in [0.2, 0.25) is 0 Å². The smallest absolute Gasteiger partial charge is 0.407 e. The van der Waals surface area contributed by atoms with Gasteiger partial charge in [-0.3, -0.25) is 24.9 Å². The maximum atomic E-state index is 16.0. The number of carbonyl (C=O) groups excluding carboxylic acids is 4. The zero-order chi connectivity index (χ0) is 58.3. The van der Waals surface area contributed by atoms with Crippen molar-refractivity contribution in [1.82, 2.24) is 41.3 Å². The number of amides is 4. The van der Waals surface area contributed by atoms with Crippen LogP contribution in [0.1, 0.15) is 49.9 Å². The van der Waals surface area contributed by atoms with Gasteiger partial charge >= 0.3 is 24.5 Å². The molecule has 3 saturated heterocycles. The average molecular weight is 1130 g/mol. The minimum absolute atomic E-state index is 0.0351. The first-order valence-electron chi connectivity index (χ1n) is 25.2. The van der Waals surface area contributed by atoms with Crippen molar-refractivity contribution in [3.63, 3.8) is 0 Å². The first-order chi connectivity index (χ1) is 37.7. The summed E-state index contributed by atoms with van der Waals surface area (Å²) in [5, 5.41) is 18.8. The molecule has 4 amide bonds. The number of aliphatic hydroxyl groups is 1. The Hall–Kier alpha value is -7.18. The molecule has 2 bridgehead atoms. The molecule has 5 heterocycles. The number of hydrogen-bond donors (Lipinski definition) is 5. The van der Waals surface area contributed by atoms with E-state index in [2.05, 4.69) is 47.1 Å². The minimum Gasteiger partial charge on any atom is -0.453 e. The second-order valence-corrected chi connectivity index (χ2v) is 20.7. The third-order valence-corrected chi connectivity index (χ3v) is 14.3. The predicted octanol–water partition coefficient (Wildman–Crippen LogP) is 5.66.